The van der Waals surface area contributed by atoms with Crippen LogP contribution in [0.15, 0.2) is 36.4 Å². The van der Waals surface area contributed by atoms with Gasteiger partial charge < -0.3 is 10.6 Å². The van der Waals surface area contributed by atoms with Crippen molar-refractivity contribution in [2.24, 2.45) is 0 Å². The minimum atomic E-state index is -0.314. The number of hydrogen-bond donors (Lipinski definition) is 2. The summed E-state index contributed by atoms with van der Waals surface area (Å²) in [6.45, 7) is 8.71. The van der Waals surface area contributed by atoms with Crippen LogP contribution >= 0.6 is 0 Å². The standard InChI is InChI=1S/C18H24N4O/c1-5-11-19-15-12-14(17(23)22-18(2,3)4)20-16(21-15)13-9-7-6-8-10-13/h6-10,12H,5,11H2,1-4H3,(H,22,23)(H,19,20,21). The Morgan fingerprint density at radius 3 is 2.43 bits per heavy atom. The van der Waals surface area contributed by atoms with Crippen molar-refractivity contribution < 1.29 is 4.79 Å². The first-order valence-electron chi connectivity index (χ1n) is 7.90. The Labute approximate surface area is 137 Å². The van der Waals surface area contributed by atoms with Gasteiger partial charge in [-0.05, 0) is 27.2 Å². The Morgan fingerprint density at radius 1 is 1.13 bits per heavy atom. The number of rotatable bonds is 5. The summed E-state index contributed by atoms with van der Waals surface area (Å²) in [5.74, 6) is 1.02. The van der Waals surface area contributed by atoms with Crippen molar-refractivity contribution in [3.8, 4) is 11.4 Å². The minimum absolute atomic E-state index is 0.198. The van der Waals surface area contributed by atoms with E-state index in [-0.39, 0.29) is 11.4 Å². The highest BCUT2D eigenvalue weighted by Gasteiger charge is 2.18. The highest BCUT2D eigenvalue weighted by atomic mass is 16.2. The second-order valence-corrected chi connectivity index (χ2v) is 6.46. The van der Waals surface area contributed by atoms with Crippen molar-refractivity contribution in [3.63, 3.8) is 0 Å². The monoisotopic (exact) mass is 312 g/mol. The largest absolute Gasteiger partial charge is 0.370 e. The summed E-state index contributed by atoms with van der Waals surface area (Å²) in [7, 11) is 0. The quantitative estimate of drug-likeness (QED) is 0.887. The van der Waals surface area contributed by atoms with Crippen LogP contribution in [0, 0.1) is 0 Å². The van der Waals surface area contributed by atoms with E-state index in [9.17, 15) is 4.79 Å². The van der Waals surface area contributed by atoms with Gasteiger partial charge in [0.15, 0.2) is 5.82 Å². The third kappa shape index (κ3) is 5.06. The second-order valence-electron chi connectivity index (χ2n) is 6.46. The molecule has 2 N–H and O–H groups in total. The lowest BCUT2D eigenvalue weighted by atomic mass is 10.1. The molecule has 0 fully saturated rings. The van der Waals surface area contributed by atoms with E-state index in [1.54, 1.807) is 6.07 Å². The zero-order chi connectivity index (χ0) is 16.9. The average molecular weight is 312 g/mol. The number of nitrogens with zero attached hydrogens (tertiary/aromatic N) is 2. The third-order valence-electron chi connectivity index (χ3n) is 3.04. The van der Waals surface area contributed by atoms with Gasteiger partial charge in [-0.1, -0.05) is 37.3 Å². The van der Waals surface area contributed by atoms with Crippen LogP contribution in [0.4, 0.5) is 5.82 Å². The van der Waals surface area contributed by atoms with Gasteiger partial charge in [0.1, 0.15) is 11.5 Å². The molecule has 1 aromatic carbocycles. The lowest BCUT2D eigenvalue weighted by Gasteiger charge is -2.20. The van der Waals surface area contributed by atoms with E-state index in [1.807, 2.05) is 51.1 Å². The van der Waals surface area contributed by atoms with Gasteiger partial charge in [-0.3, -0.25) is 4.79 Å². The number of amides is 1. The number of carbonyl (C=O) groups is 1. The molecule has 0 saturated carbocycles. The smallest absolute Gasteiger partial charge is 0.270 e. The zero-order valence-electron chi connectivity index (χ0n) is 14.2. The van der Waals surface area contributed by atoms with Crippen LogP contribution in [-0.2, 0) is 0 Å². The highest BCUT2D eigenvalue weighted by Crippen LogP contribution is 2.18. The van der Waals surface area contributed by atoms with Gasteiger partial charge in [-0.15, -0.1) is 0 Å². The fourth-order valence-electron chi connectivity index (χ4n) is 2.03. The molecule has 1 amide bonds. The Kier molecular flexibility index (Phi) is 5.32. The van der Waals surface area contributed by atoms with Crippen molar-refractivity contribution in [1.82, 2.24) is 15.3 Å². The molecule has 1 aromatic heterocycles. The number of anilines is 1. The molecule has 23 heavy (non-hydrogen) atoms. The molecular formula is C18H24N4O. The summed E-state index contributed by atoms with van der Waals surface area (Å²) in [4.78, 5) is 21.4. The lowest BCUT2D eigenvalue weighted by molar-refractivity contribution is 0.0914. The van der Waals surface area contributed by atoms with Gasteiger partial charge in [0, 0.05) is 23.7 Å². The van der Waals surface area contributed by atoms with Crippen molar-refractivity contribution in [3.05, 3.63) is 42.1 Å². The van der Waals surface area contributed by atoms with Gasteiger partial charge in [-0.2, -0.15) is 0 Å². The van der Waals surface area contributed by atoms with Gasteiger partial charge in [0.2, 0.25) is 0 Å². The van der Waals surface area contributed by atoms with Crippen LogP contribution < -0.4 is 10.6 Å². The molecule has 0 bridgehead atoms. The molecule has 122 valence electrons. The Hall–Kier alpha value is -2.43. The summed E-state index contributed by atoms with van der Waals surface area (Å²) < 4.78 is 0. The normalized spacial score (nSPS) is 11.1. The van der Waals surface area contributed by atoms with Crippen LogP contribution in [0.2, 0.25) is 0 Å². The summed E-state index contributed by atoms with van der Waals surface area (Å²) >= 11 is 0. The van der Waals surface area contributed by atoms with Gasteiger partial charge in [0.25, 0.3) is 5.91 Å². The molecule has 0 aliphatic heterocycles. The fraction of sp³-hybridized carbons (Fsp3) is 0.389. The maximum absolute atomic E-state index is 12.4. The van der Waals surface area contributed by atoms with E-state index >= 15 is 0 Å². The number of aromatic nitrogens is 2. The maximum atomic E-state index is 12.4. The summed E-state index contributed by atoms with van der Waals surface area (Å²) in [5.41, 5.74) is 0.941. The highest BCUT2D eigenvalue weighted by molar-refractivity contribution is 5.93. The summed E-state index contributed by atoms with van der Waals surface area (Å²) in [6.07, 6.45) is 0.980. The first-order valence-corrected chi connectivity index (χ1v) is 7.90. The summed E-state index contributed by atoms with van der Waals surface area (Å²) in [5, 5.41) is 6.17. The van der Waals surface area contributed by atoms with Gasteiger partial charge in [0.05, 0.1) is 0 Å². The van der Waals surface area contributed by atoms with Crippen LogP contribution in [0.25, 0.3) is 11.4 Å². The van der Waals surface area contributed by atoms with Crippen molar-refractivity contribution in [1.29, 1.82) is 0 Å². The predicted molar refractivity (Wildman–Crippen MR) is 93.5 cm³/mol. The first kappa shape index (κ1) is 16.9. The lowest BCUT2D eigenvalue weighted by Crippen LogP contribution is -2.41. The summed E-state index contributed by atoms with van der Waals surface area (Å²) in [6, 6.07) is 11.4. The number of nitrogens with one attached hydrogen (secondary N) is 2. The van der Waals surface area contributed by atoms with Crippen LogP contribution in [0.3, 0.4) is 0 Å². The number of hydrogen-bond acceptors (Lipinski definition) is 4. The first-order chi connectivity index (χ1) is 10.9. The maximum Gasteiger partial charge on any atom is 0.270 e. The van der Waals surface area contributed by atoms with E-state index in [2.05, 4.69) is 27.5 Å². The van der Waals surface area contributed by atoms with E-state index in [4.69, 9.17) is 0 Å². The Balaban J connectivity index is 2.39. The van der Waals surface area contributed by atoms with Crippen LogP contribution in [0.1, 0.15) is 44.6 Å². The van der Waals surface area contributed by atoms with Crippen molar-refractivity contribution in [2.75, 3.05) is 11.9 Å². The molecule has 0 atom stereocenters. The molecule has 2 aromatic rings. The molecule has 0 unspecified atom stereocenters. The van der Waals surface area contributed by atoms with Crippen molar-refractivity contribution >= 4 is 11.7 Å². The van der Waals surface area contributed by atoms with E-state index in [1.165, 1.54) is 0 Å². The predicted octanol–water partition coefficient (Wildman–Crippen LogP) is 3.49. The molecule has 1 heterocycles. The van der Waals surface area contributed by atoms with E-state index in [0.717, 1.165) is 18.5 Å². The molecule has 0 radical (unpaired) electrons. The molecule has 0 aliphatic carbocycles. The van der Waals surface area contributed by atoms with E-state index < -0.39 is 0 Å². The zero-order valence-corrected chi connectivity index (χ0v) is 14.2. The molecule has 0 spiro atoms. The van der Waals surface area contributed by atoms with Crippen molar-refractivity contribution in [2.45, 2.75) is 39.7 Å². The Morgan fingerprint density at radius 2 is 1.83 bits per heavy atom. The Bertz CT molecular complexity index is 662. The number of carbonyl (C=O) groups excluding carboxylic acids is 1. The molecule has 2 rings (SSSR count). The number of benzene rings is 1. The fourth-order valence-corrected chi connectivity index (χ4v) is 2.03. The van der Waals surface area contributed by atoms with Gasteiger partial charge in [-0.25, -0.2) is 9.97 Å². The molecule has 5 nitrogen and oxygen atoms in total. The second kappa shape index (κ2) is 7.22. The van der Waals surface area contributed by atoms with Crippen LogP contribution in [-0.4, -0.2) is 28.0 Å². The van der Waals surface area contributed by atoms with Gasteiger partial charge >= 0.3 is 0 Å². The van der Waals surface area contributed by atoms with Crippen LogP contribution in [0.5, 0.6) is 0 Å². The minimum Gasteiger partial charge on any atom is -0.370 e. The molecular weight excluding hydrogens is 288 g/mol. The topological polar surface area (TPSA) is 66.9 Å². The molecule has 5 heteroatoms. The molecule has 0 saturated heterocycles. The SMILES string of the molecule is CCCNc1cc(C(=O)NC(C)(C)C)nc(-c2ccccc2)n1. The average Bonchev–Trinajstić information content (AvgIpc) is 2.52. The third-order valence-corrected chi connectivity index (χ3v) is 3.04. The molecule has 0 aliphatic rings. The van der Waals surface area contributed by atoms with E-state index in [0.29, 0.717) is 17.3 Å².